The Labute approximate surface area is 112 Å². The van der Waals surface area contributed by atoms with Gasteiger partial charge in [-0.05, 0) is 30.7 Å². The van der Waals surface area contributed by atoms with Crippen molar-refractivity contribution in [1.82, 2.24) is 9.97 Å². The Balaban J connectivity index is 2.09. The summed E-state index contributed by atoms with van der Waals surface area (Å²) in [5.74, 6) is 0.823. The summed E-state index contributed by atoms with van der Waals surface area (Å²) in [6.07, 6.45) is 2.18. The Hall–Kier alpha value is -2.16. The number of fused-ring (bicyclic) bond motifs is 2. The second-order valence-corrected chi connectivity index (χ2v) is 4.54. The lowest BCUT2D eigenvalue weighted by molar-refractivity contribution is 0.312. The highest BCUT2D eigenvalue weighted by Gasteiger charge is 2.06. The van der Waals surface area contributed by atoms with Crippen LogP contribution < -0.4 is 4.74 Å². The normalized spacial score (nSPS) is 11.0. The van der Waals surface area contributed by atoms with E-state index in [1.807, 2.05) is 42.5 Å². The van der Waals surface area contributed by atoms with Crippen LogP contribution in [0.3, 0.4) is 0 Å². The summed E-state index contributed by atoms with van der Waals surface area (Å²) in [7, 11) is 0. The van der Waals surface area contributed by atoms with Crippen LogP contribution in [0.15, 0.2) is 42.5 Å². The van der Waals surface area contributed by atoms with Crippen LogP contribution >= 0.6 is 0 Å². The van der Waals surface area contributed by atoms with Crippen molar-refractivity contribution in [3.8, 4) is 5.75 Å². The number of nitrogens with zero attached hydrogens (tertiary/aromatic N) is 2. The van der Waals surface area contributed by atoms with Gasteiger partial charge >= 0.3 is 0 Å². The highest BCUT2D eigenvalue weighted by Crippen LogP contribution is 2.24. The van der Waals surface area contributed by atoms with E-state index in [1.165, 1.54) is 0 Å². The molecule has 3 aromatic rings. The number of rotatable bonds is 4. The molecule has 0 atom stereocenters. The summed E-state index contributed by atoms with van der Waals surface area (Å²) in [5, 5.41) is 0. The van der Waals surface area contributed by atoms with Gasteiger partial charge < -0.3 is 4.74 Å². The molecule has 0 N–H and O–H groups in total. The zero-order chi connectivity index (χ0) is 13.1. The molecule has 0 aliphatic heterocycles. The quantitative estimate of drug-likeness (QED) is 0.520. The van der Waals surface area contributed by atoms with E-state index in [0.717, 1.165) is 47.3 Å². The topological polar surface area (TPSA) is 35.0 Å². The number of aromatic nitrogens is 2. The Morgan fingerprint density at radius 1 is 0.895 bits per heavy atom. The maximum Gasteiger partial charge on any atom is 0.147 e. The molecule has 3 rings (SSSR count). The summed E-state index contributed by atoms with van der Waals surface area (Å²) in [5.41, 5.74) is 3.55. The minimum Gasteiger partial charge on any atom is -0.491 e. The molecule has 96 valence electrons. The largest absolute Gasteiger partial charge is 0.491 e. The van der Waals surface area contributed by atoms with Gasteiger partial charge in [-0.3, -0.25) is 0 Å². The average Bonchev–Trinajstić information content (AvgIpc) is 2.46. The molecule has 1 heterocycles. The molecule has 0 unspecified atom stereocenters. The third-order valence-electron chi connectivity index (χ3n) is 3.09. The summed E-state index contributed by atoms with van der Waals surface area (Å²) in [6, 6.07) is 13.8. The van der Waals surface area contributed by atoms with Crippen LogP contribution in [0.25, 0.3) is 22.1 Å². The molecule has 0 bridgehead atoms. The van der Waals surface area contributed by atoms with E-state index in [9.17, 15) is 0 Å². The second-order valence-electron chi connectivity index (χ2n) is 4.54. The SMILES string of the molecule is CCCCOc1cccc2nc3ccccc3nc12. The maximum atomic E-state index is 5.81. The fraction of sp³-hybridized carbons (Fsp3) is 0.250. The Kier molecular flexibility index (Phi) is 3.27. The Bertz CT molecular complexity index is 709. The molecule has 0 spiro atoms. The van der Waals surface area contributed by atoms with Gasteiger partial charge in [0.25, 0.3) is 0 Å². The number of hydrogen-bond acceptors (Lipinski definition) is 3. The molecule has 0 amide bonds. The molecule has 0 aliphatic carbocycles. The summed E-state index contributed by atoms with van der Waals surface area (Å²) >= 11 is 0. The summed E-state index contributed by atoms with van der Waals surface area (Å²) in [4.78, 5) is 9.29. The third kappa shape index (κ3) is 2.36. The van der Waals surface area contributed by atoms with Crippen LogP contribution in [0.4, 0.5) is 0 Å². The molecule has 1 aromatic heterocycles. The van der Waals surface area contributed by atoms with Crippen molar-refractivity contribution < 1.29 is 4.74 Å². The molecule has 2 aromatic carbocycles. The van der Waals surface area contributed by atoms with Gasteiger partial charge in [0, 0.05) is 0 Å². The van der Waals surface area contributed by atoms with Crippen molar-refractivity contribution in [2.45, 2.75) is 19.8 Å². The van der Waals surface area contributed by atoms with E-state index >= 15 is 0 Å². The number of hydrogen-bond donors (Lipinski definition) is 0. The number of ether oxygens (including phenoxy) is 1. The van der Waals surface area contributed by atoms with Crippen molar-refractivity contribution in [3.05, 3.63) is 42.5 Å². The van der Waals surface area contributed by atoms with E-state index in [1.54, 1.807) is 0 Å². The van der Waals surface area contributed by atoms with Gasteiger partial charge in [-0.15, -0.1) is 0 Å². The fourth-order valence-corrected chi connectivity index (χ4v) is 2.06. The summed E-state index contributed by atoms with van der Waals surface area (Å²) < 4.78 is 5.81. The fourth-order valence-electron chi connectivity index (χ4n) is 2.06. The van der Waals surface area contributed by atoms with Gasteiger partial charge in [0.1, 0.15) is 11.3 Å². The molecular formula is C16H16N2O. The molecule has 0 saturated carbocycles. The Morgan fingerprint density at radius 3 is 2.42 bits per heavy atom. The van der Waals surface area contributed by atoms with Gasteiger partial charge in [-0.1, -0.05) is 31.5 Å². The standard InChI is InChI=1S/C16H16N2O/c1-2-3-11-19-15-10-6-9-14-16(15)18-13-8-5-4-7-12(13)17-14/h4-10H,2-3,11H2,1H3. The van der Waals surface area contributed by atoms with Gasteiger partial charge in [0.15, 0.2) is 0 Å². The zero-order valence-corrected chi connectivity index (χ0v) is 11.0. The lowest BCUT2D eigenvalue weighted by Crippen LogP contribution is -1.98. The molecule has 0 saturated heterocycles. The van der Waals surface area contributed by atoms with Crippen molar-refractivity contribution in [3.63, 3.8) is 0 Å². The van der Waals surface area contributed by atoms with Crippen LogP contribution in [0, 0.1) is 0 Å². The van der Waals surface area contributed by atoms with Gasteiger partial charge in [0.2, 0.25) is 0 Å². The first kappa shape index (κ1) is 11.9. The van der Waals surface area contributed by atoms with Crippen LogP contribution in [-0.4, -0.2) is 16.6 Å². The number of para-hydroxylation sites is 3. The van der Waals surface area contributed by atoms with E-state index in [4.69, 9.17) is 4.74 Å². The first-order valence-corrected chi connectivity index (χ1v) is 6.67. The third-order valence-corrected chi connectivity index (χ3v) is 3.09. The molecule has 3 nitrogen and oxygen atoms in total. The lowest BCUT2D eigenvalue weighted by atomic mass is 10.2. The van der Waals surface area contributed by atoms with Crippen molar-refractivity contribution in [2.75, 3.05) is 6.61 Å². The minimum absolute atomic E-state index is 0.726. The number of unbranched alkanes of at least 4 members (excludes halogenated alkanes) is 1. The van der Waals surface area contributed by atoms with E-state index in [0.29, 0.717) is 0 Å². The highest BCUT2D eigenvalue weighted by atomic mass is 16.5. The maximum absolute atomic E-state index is 5.81. The first-order valence-electron chi connectivity index (χ1n) is 6.67. The predicted molar refractivity (Wildman–Crippen MR) is 77.4 cm³/mol. The highest BCUT2D eigenvalue weighted by molar-refractivity contribution is 5.89. The van der Waals surface area contributed by atoms with Crippen LogP contribution in [0.1, 0.15) is 19.8 Å². The molecular weight excluding hydrogens is 236 g/mol. The van der Waals surface area contributed by atoms with E-state index in [-0.39, 0.29) is 0 Å². The van der Waals surface area contributed by atoms with Crippen LogP contribution in [-0.2, 0) is 0 Å². The van der Waals surface area contributed by atoms with Crippen LogP contribution in [0.5, 0.6) is 5.75 Å². The van der Waals surface area contributed by atoms with E-state index in [2.05, 4.69) is 16.9 Å². The van der Waals surface area contributed by atoms with Gasteiger partial charge in [0.05, 0.1) is 23.2 Å². The lowest BCUT2D eigenvalue weighted by Gasteiger charge is -2.08. The zero-order valence-electron chi connectivity index (χ0n) is 11.0. The monoisotopic (exact) mass is 252 g/mol. The minimum atomic E-state index is 0.726. The molecule has 19 heavy (non-hydrogen) atoms. The average molecular weight is 252 g/mol. The molecule has 0 fully saturated rings. The Morgan fingerprint density at radius 2 is 1.63 bits per heavy atom. The van der Waals surface area contributed by atoms with Crippen molar-refractivity contribution in [2.24, 2.45) is 0 Å². The van der Waals surface area contributed by atoms with Gasteiger partial charge in [-0.25, -0.2) is 9.97 Å². The van der Waals surface area contributed by atoms with Crippen molar-refractivity contribution in [1.29, 1.82) is 0 Å². The molecule has 0 radical (unpaired) electrons. The first-order chi connectivity index (χ1) is 9.38. The number of benzene rings is 2. The van der Waals surface area contributed by atoms with Crippen LogP contribution in [0.2, 0.25) is 0 Å². The second kappa shape index (κ2) is 5.22. The smallest absolute Gasteiger partial charge is 0.147 e. The van der Waals surface area contributed by atoms with Gasteiger partial charge in [-0.2, -0.15) is 0 Å². The predicted octanol–water partition coefficient (Wildman–Crippen LogP) is 3.96. The molecule has 0 aliphatic rings. The molecule has 3 heteroatoms. The summed E-state index contributed by atoms with van der Waals surface area (Å²) in [6.45, 7) is 2.88. The van der Waals surface area contributed by atoms with E-state index < -0.39 is 0 Å². The van der Waals surface area contributed by atoms with Crippen molar-refractivity contribution >= 4 is 22.1 Å².